The molecule has 102 valence electrons. The van der Waals surface area contributed by atoms with E-state index in [0.717, 1.165) is 10.6 Å². The van der Waals surface area contributed by atoms with Gasteiger partial charge in [-0.3, -0.25) is 0 Å². The zero-order chi connectivity index (χ0) is 14.1. The fourth-order valence-electron chi connectivity index (χ4n) is 1.79. The summed E-state index contributed by atoms with van der Waals surface area (Å²) in [6, 6.07) is 4.97. The van der Waals surface area contributed by atoms with E-state index in [1.807, 2.05) is 6.92 Å². The Labute approximate surface area is 118 Å². The molecule has 1 aromatic carbocycles. The number of aromatic carboxylic acids is 1. The fraction of sp³-hybridized carbons (Fsp3) is 0.154. The number of carboxylic acids is 1. The zero-order valence-electron chi connectivity index (χ0n) is 10.6. The maximum atomic E-state index is 10.9. The number of nitrogens with one attached hydrogen (secondary N) is 1. The van der Waals surface area contributed by atoms with Crippen LogP contribution in [0.15, 0.2) is 28.1 Å². The van der Waals surface area contributed by atoms with Gasteiger partial charge >= 0.3 is 5.97 Å². The number of fused-ring (bicyclic) bond motifs is 1. The van der Waals surface area contributed by atoms with Crippen LogP contribution < -0.4 is 5.32 Å². The van der Waals surface area contributed by atoms with Gasteiger partial charge in [0.1, 0.15) is 5.52 Å². The second kappa shape index (κ2) is 4.93. The van der Waals surface area contributed by atoms with Crippen molar-refractivity contribution in [1.29, 1.82) is 0 Å². The molecule has 20 heavy (non-hydrogen) atoms. The van der Waals surface area contributed by atoms with E-state index in [9.17, 15) is 4.79 Å². The molecule has 0 saturated carbocycles. The Bertz CT molecular complexity index is 778. The van der Waals surface area contributed by atoms with E-state index in [1.54, 1.807) is 22.9 Å². The van der Waals surface area contributed by atoms with Gasteiger partial charge in [-0.1, -0.05) is 0 Å². The lowest BCUT2D eigenvalue weighted by Gasteiger charge is -1.98. The van der Waals surface area contributed by atoms with Crippen molar-refractivity contribution in [3.63, 3.8) is 0 Å². The number of thiazole rings is 1. The monoisotopic (exact) mass is 289 g/mol. The number of oxazole rings is 1. The first kappa shape index (κ1) is 12.6. The van der Waals surface area contributed by atoms with Crippen LogP contribution >= 0.6 is 11.3 Å². The first-order valence-corrected chi connectivity index (χ1v) is 6.78. The number of carbonyl (C=O) groups is 1. The zero-order valence-corrected chi connectivity index (χ0v) is 11.4. The summed E-state index contributed by atoms with van der Waals surface area (Å²) in [5, 5.41) is 12.0. The van der Waals surface area contributed by atoms with Crippen molar-refractivity contribution < 1.29 is 14.3 Å². The molecule has 3 aromatic rings. The summed E-state index contributed by atoms with van der Waals surface area (Å²) in [4.78, 5) is 20.4. The van der Waals surface area contributed by atoms with E-state index in [4.69, 9.17) is 9.52 Å². The smallest absolute Gasteiger partial charge is 0.335 e. The lowest BCUT2D eigenvalue weighted by molar-refractivity contribution is 0.0697. The van der Waals surface area contributed by atoms with Crippen molar-refractivity contribution in [3.8, 4) is 0 Å². The van der Waals surface area contributed by atoms with Gasteiger partial charge in [-0.25, -0.2) is 9.78 Å². The summed E-state index contributed by atoms with van der Waals surface area (Å²) in [7, 11) is 0. The van der Waals surface area contributed by atoms with Crippen LogP contribution in [0.4, 0.5) is 6.01 Å². The first-order valence-electron chi connectivity index (χ1n) is 5.90. The third kappa shape index (κ3) is 2.35. The van der Waals surface area contributed by atoms with Crippen LogP contribution in [0, 0.1) is 6.92 Å². The SMILES string of the molecule is Cc1ncsc1CNc1nc2ccc(C(=O)O)cc2o1. The number of aromatic nitrogens is 2. The summed E-state index contributed by atoms with van der Waals surface area (Å²) < 4.78 is 5.50. The highest BCUT2D eigenvalue weighted by atomic mass is 32.1. The Kier molecular flexibility index (Phi) is 3.11. The summed E-state index contributed by atoms with van der Waals surface area (Å²) >= 11 is 1.56. The molecule has 0 amide bonds. The molecule has 0 radical (unpaired) electrons. The van der Waals surface area contributed by atoms with Gasteiger partial charge in [0.05, 0.1) is 23.3 Å². The van der Waals surface area contributed by atoms with Gasteiger partial charge in [-0.15, -0.1) is 11.3 Å². The Hall–Kier alpha value is -2.41. The second-order valence-corrected chi connectivity index (χ2v) is 5.16. The van der Waals surface area contributed by atoms with E-state index in [-0.39, 0.29) is 5.56 Å². The standard InChI is InChI=1S/C13H11N3O3S/c1-7-11(20-6-15-7)5-14-13-16-9-3-2-8(12(17)18)4-10(9)19-13/h2-4,6H,5H2,1H3,(H,14,16)(H,17,18). The normalized spacial score (nSPS) is 10.8. The Morgan fingerprint density at radius 1 is 1.50 bits per heavy atom. The summed E-state index contributed by atoms with van der Waals surface area (Å²) in [6.45, 7) is 2.52. The molecule has 0 atom stereocenters. The van der Waals surface area contributed by atoms with Gasteiger partial charge < -0.3 is 14.8 Å². The average Bonchev–Trinajstić information content (AvgIpc) is 3.00. The molecule has 0 bridgehead atoms. The molecule has 0 spiro atoms. The summed E-state index contributed by atoms with van der Waals surface area (Å²) in [5.74, 6) is -0.988. The van der Waals surface area contributed by atoms with Crippen LogP contribution in [-0.4, -0.2) is 21.0 Å². The van der Waals surface area contributed by atoms with Crippen molar-refractivity contribution >= 4 is 34.4 Å². The van der Waals surface area contributed by atoms with Gasteiger partial charge in [-0.2, -0.15) is 4.98 Å². The van der Waals surface area contributed by atoms with E-state index in [1.165, 1.54) is 12.1 Å². The van der Waals surface area contributed by atoms with Crippen LogP contribution in [0.1, 0.15) is 20.9 Å². The number of rotatable bonds is 4. The van der Waals surface area contributed by atoms with Crippen molar-refractivity contribution in [2.45, 2.75) is 13.5 Å². The van der Waals surface area contributed by atoms with E-state index in [0.29, 0.717) is 23.7 Å². The Morgan fingerprint density at radius 3 is 3.05 bits per heavy atom. The molecule has 0 aliphatic carbocycles. The highest BCUT2D eigenvalue weighted by molar-refractivity contribution is 7.09. The van der Waals surface area contributed by atoms with Crippen LogP contribution in [0.25, 0.3) is 11.1 Å². The van der Waals surface area contributed by atoms with Gasteiger partial charge in [0.15, 0.2) is 5.58 Å². The topological polar surface area (TPSA) is 88.2 Å². The maximum absolute atomic E-state index is 10.9. The number of anilines is 1. The molecule has 7 heteroatoms. The third-order valence-corrected chi connectivity index (χ3v) is 3.82. The highest BCUT2D eigenvalue weighted by Gasteiger charge is 2.10. The van der Waals surface area contributed by atoms with Crippen molar-refractivity contribution in [2.24, 2.45) is 0 Å². The molecule has 3 rings (SSSR count). The van der Waals surface area contributed by atoms with Crippen LogP contribution in [0.3, 0.4) is 0 Å². The number of benzene rings is 1. The minimum absolute atomic E-state index is 0.179. The molecule has 2 N–H and O–H groups in total. The molecular weight excluding hydrogens is 278 g/mol. The van der Waals surface area contributed by atoms with Gasteiger partial charge in [0.2, 0.25) is 0 Å². The fourth-order valence-corrected chi connectivity index (χ4v) is 2.50. The first-order chi connectivity index (χ1) is 9.63. The molecule has 0 aliphatic rings. The molecule has 2 aromatic heterocycles. The van der Waals surface area contributed by atoms with Crippen molar-refractivity contribution in [1.82, 2.24) is 9.97 Å². The number of hydrogen-bond acceptors (Lipinski definition) is 6. The number of carboxylic acid groups (broad SMARTS) is 1. The molecule has 2 heterocycles. The van der Waals surface area contributed by atoms with Gasteiger partial charge in [0, 0.05) is 4.88 Å². The van der Waals surface area contributed by atoms with E-state index < -0.39 is 5.97 Å². The highest BCUT2D eigenvalue weighted by Crippen LogP contribution is 2.21. The lowest BCUT2D eigenvalue weighted by atomic mass is 10.2. The molecule has 0 saturated heterocycles. The molecule has 0 fully saturated rings. The predicted molar refractivity (Wildman–Crippen MR) is 75.1 cm³/mol. The van der Waals surface area contributed by atoms with E-state index >= 15 is 0 Å². The summed E-state index contributed by atoms with van der Waals surface area (Å²) in [5.41, 5.74) is 4.02. The summed E-state index contributed by atoms with van der Waals surface area (Å²) in [6.07, 6.45) is 0. The van der Waals surface area contributed by atoms with Crippen LogP contribution in [0.2, 0.25) is 0 Å². The minimum Gasteiger partial charge on any atom is -0.478 e. The largest absolute Gasteiger partial charge is 0.478 e. The predicted octanol–water partition coefficient (Wildman–Crippen LogP) is 2.90. The Balaban J connectivity index is 1.82. The molecule has 0 unspecified atom stereocenters. The number of nitrogens with zero attached hydrogens (tertiary/aromatic N) is 2. The van der Waals surface area contributed by atoms with E-state index in [2.05, 4.69) is 15.3 Å². The van der Waals surface area contributed by atoms with Crippen LogP contribution in [-0.2, 0) is 6.54 Å². The van der Waals surface area contributed by atoms with Gasteiger partial charge in [0.25, 0.3) is 6.01 Å². The molecule has 6 nitrogen and oxygen atoms in total. The maximum Gasteiger partial charge on any atom is 0.335 e. The average molecular weight is 289 g/mol. The lowest BCUT2D eigenvalue weighted by Crippen LogP contribution is -1.98. The van der Waals surface area contributed by atoms with Crippen molar-refractivity contribution in [3.05, 3.63) is 39.8 Å². The third-order valence-electron chi connectivity index (χ3n) is 2.88. The van der Waals surface area contributed by atoms with Crippen molar-refractivity contribution in [2.75, 3.05) is 5.32 Å². The van der Waals surface area contributed by atoms with Gasteiger partial charge in [-0.05, 0) is 25.1 Å². The molecular formula is C13H11N3O3S. The number of aryl methyl sites for hydroxylation is 1. The number of hydrogen-bond donors (Lipinski definition) is 2. The Morgan fingerprint density at radius 2 is 2.35 bits per heavy atom. The quantitative estimate of drug-likeness (QED) is 0.767. The second-order valence-electron chi connectivity index (χ2n) is 4.22. The van der Waals surface area contributed by atoms with Crippen LogP contribution in [0.5, 0.6) is 0 Å². The minimum atomic E-state index is -0.988. The molecule has 0 aliphatic heterocycles.